The van der Waals surface area contributed by atoms with Crippen LogP contribution in [-0.2, 0) is 19.6 Å². The van der Waals surface area contributed by atoms with Gasteiger partial charge in [0.25, 0.3) is 11.6 Å². The maximum atomic E-state index is 13.2. The summed E-state index contributed by atoms with van der Waals surface area (Å²) in [5.41, 5.74) is 0.209. The summed E-state index contributed by atoms with van der Waals surface area (Å²) in [5.74, 6) is -0.0132. The summed E-state index contributed by atoms with van der Waals surface area (Å²) in [6, 6.07) is 4.01. The van der Waals surface area contributed by atoms with Crippen molar-refractivity contribution in [1.82, 2.24) is 9.21 Å². The molecule has 11 heteroatoms. The minimum absolute atomic E-state index is 0.0132. The molecule has 0 spiro atoms. The fourth-order valence-corrected chi connectivity index (χ4v) is 6.04. The van der Waals surface area contributed by atoms with Crippen molar-refractivity contribution in [2.75, 3.05) is 50.8 Å². The van der Waals surface area contributed by atoms with Gasteiger partial charge in [-0.2, -0.15) is 4.31 Å². The molecule has 0 aliphatic carbocycles. The number of nitrogens with zero attached hydrogens (tertiary/aromatic N) is 4. The van der Waals surface area contributed by atoms with E-state index in [0.717, 1.165) is 31.7 Å². The van der Waals surface area contributed by atoms with E-state index in [2.05, 4.69) is 0 Å². The molecule has 0 radical (unpaired) electrons. The van der Waals surface area contributed by atoms with Crippen LogP contribution in [0.5, 0.6) is 0 Å². The third-order valence-corrected chi connectivity index (χ3v) is 7.90. The Morgan fingerprint density at radius 1 is 1.07 bits per heavy atom. The number of nitro groups is 1. The molecule has 3 fully saturated rings. The maximum absolute atomic E-state index is 13.2. The summed E-state index contributed by atoms with van der Waals surface area (Å²) in [4.78, 5) is 26.9. The number of anilines is 1. The smallest absolute Gasteiger partial charge is 0.270 e. The highest BCUT2D eigenvalue weighted by Gasteiger charge is 2.35. The zero-order valence-corrected chi connectivity index (χ0v) is 17.6. The molecule has 3 aliphatic heterocycles. The summed E-state index contributed by atoms with van der Waals surface area (Å²) in [5, 5.41) is 11.3. The highest BCUT2D eigenvalue weighted by Crippen LogP contribution is 2.33. The molecular weight excluding hydrogens is 412 g/mol. The van der Waals surface area contributed by atoms with Crippen molar-refractivity contribution in [3.8, 4) is 0 Å². The number of carbonyl (C=O) groups is 1. The van der Waals surface area contributed by atoms with Crippen LogP contribution in [0.1, 0.15) is 25.7 Å². The maximum Gasteiger partial charge on any atom is 0.270 e. The lowest BCUT2D eigenvalue weighted by molar-refractivity contribution is -0.385. The lowest BCUT2D eigenvalue weighted by atomic mass is 10.2. The van der Waals surface area contributed by atoms with Crippen molar-refractivity contribution >= 4 is 27.3 Å². The number of sulfonamides is 1. The first-order chi connectivity index (χ1) is 14.4. The average Bonchev–Trinajstić information content (AvgIpc) is 3.47. The highest BCUT2D eigenvalue weighted by atomic mass is 32.2. The van der Waals surface area contributed by atoms with Crippen LogP contribution in [-0.4, -0.2) is 80.4 Å². The van der Waals surface area contributed by atoms with Gasteiger partial charge in [-0.1, -0.05) is 0 Å². The van der Waals surface area contributed by atoms with Crippen LogP contribution in [0.2, 0.25) is 0 Å². The predicted molar refractivity (Wildman–Crippen MR) is 109 cm³/mol. The molecule has 30 heavy (non-hydrogen) atoms. The SMILES string of the molecule is O=C(C1CCCO1)N1CCN(c2ccc([N+](=O)[O-])cc2S(=O)(=O)N2CCCC2)CC1. The number of carbonyl (C=O) groups excluding carboxylic acids is 1. The van der Waals surface area contributed by atoms with Crippen LogP contribution in [0.25, 0.3) is 0 Å². The topological polar surface area (TPSA) is 113 Å². The second-order valence-electron chi connectivity index (χ2n) is 7.83. The van der Waals surface area contributed by atoms with E-state index in [1.165, 1.54) is 16.4 Å². The zero-order chi connectivity index (χ0) is 21.3. The normalized spacial score (nSPS) is 23.1. The highest BCUT2D eigenvalue weighted by molar-refractivity contribution is 7.89. The molecule has 1 unspecified atom stereocenters. The number of rotatable bonds is 5. The lowest BCUT2D eigenvalue weighted by Gasteiger charge is -2.37. The Bertz CT molecular complexity index is 917. The number of nitro benzene ring substituents is 1. The summed E-state index contributed by atoms with van der Waals surface area (Å²) >= 11 is 0. The molecule has 1 aromatic carbocycles. The lowest BCUT2D eigenvalue weighted by Crippen LogP contribution is -2.51. The van der Waals surface area contributed by atoms with E-state index >= 15 is 0 Å². The Morgan fingerprint density at radius 2 is 1.77 bits per heavy atom. The first-order valence-electron chi connectivity index (χ1n) is 10.3. The van der Waals surface area contributed by atoms with Crippen LogP contribution in [0.15, 0.2) is 23.1 Å². The summed E-state index contributed by atoms with van der Waals surface area (Å²) < 4.78 is 33.3. The second kappa shape index (κ2) is 8.48. The number of benzene rings is 1. The van der Waals surface area contributed by atoms with Gasteiger partial charge in [0.05, 0.1) is 10.6 Å². The van der Waals surface area contributed by atoms with E-state index < -0.39 is 14.9 Å². The Morgan fingerprint density at radius 3 is 2.37 bits per heavy atom. The fourth-order valence-electron chi connectivity index (χ4n) is 4.30. The molecule has 3 saturated heterocycles. The van der Waals surface area contributed by atoms with Crippen molar-refractivity contribution in [2.45, 2.75) is 36.7 Å². The molecule has 0 bridgehead atoms. The quantitative estimate of drug-likeness (QED) is 0.501. The van der Waals surface area contributed by atoms with Gasteiger partial charge in [-0.3, -0.25) is 14.9 Å². The van der Waals surface area contributed by atoms with Gasteiger partial charge in [-0.15, -0.1) is 0 Å². The van der Waals surface area contributed by atoms with E-state index in [1.807, 2.05) is 4.90 Å². The van der Waals surface area contributed by atoms with Crippen molar-refractivity contribution in [1.29, 1.82) is 0 Å². The average molecular weight is 439 g/mol. The fraction of sp³-hybridized carbons (Fsp3) is 0.632. The van der Waals surface area contributed by atoms with Gasteiger partial charge in [-0.25, -0.2) is 8.42 Å². The Balaban J connectivity index is 1.56. The van der Waals surface area contributed by atoms with Crippen molar-refractivity contribution in [3.05, 3.63) is 28.3 Å². The van der Waals surface area contributed by atoms with Gasteiger partial charge in [0.2, 0.25) is 10.0 Å². The first-order valence-corrected chi connectivity index (χ1v) is 11.8. The molecule has 164 valence electrons. The van der Waals surface area contributed by atoms with E-state index in [-0.39, 0.29) is 22.6 Å². The van der Waals surface area contributed by atoms with Gasteiger partial charge in [0, 0.05) is 58.0 Å². The monoisotopic (exact) mass is 438 g/mol. The largest absolute Gasteiger partial charge is 0.368 e. The number of non-ortho nitro benzene ring substituents is 1. The minimum atomic E-state index is -3.83. The van der Waals surface area contributed by atoms with Gasteiger partial charge < -0.3 is 14.5 Å². The first kappa shape index (κ1) is 21.0. The van der Waals surface area contributed by atoms with E-state index in [9.17, 15) is 23.3 Å². The molecule has 3 aliphatic rings. The molecule has 0 N–H and O–H groups in total. The van der Waals surface area contributed by atoms with Crippen LogP contribution < -0.4 is 4.90 Å². The molecule has 4 rings (SSSR count). The predicted octanol–water partition coefficient (Wildman–Crippen LogP) is 1.21. The third-order valence-electron chi connectivity index (χ3n) is 5.97. The van der Waals surface area contributed by atoms with Gasteiger partial charge >= 0.3 is 0 Å². The molecule has 0 saturated carbocycles. The summed E-state index contributed by atoms with van der Waals surface area (Å²) in [6.07, 6.45) is 2.82. The number of ether oxygens (including phenoxy) is 1. The number of hydrogen-bond acceptors (Lipinski definition) is 7. The molecule has 1 amide bonds. The van der Waals surface area contributed by atoms with Crippen LogP contribution in [0, 0.1) is 10.1 Å². The third kappa shape index (κ3) is 4.01. The zero-order valence-electron chi connectivity index (χ0n) is 16.7. The molecule has 3 heterocycles. The van der Waals surface area contributed by atoms with Crippen molar-refractivity contribution in [3.63, 3.8) is 0 Å². The van der Waals surface area contributed by atoms with Gasteiger partial charge in [-0.05, 0) is 31.7 Å². The molecule has 1 aromatic rings. The van der Waals surface area contributed by atoms with Gasteiger partial charge in [0.1, 0.15) is 11.0 Å². The summed E-state index contributed by atoms with van der Waals surface area (Å²) in [6.45, 7) is 3.29. The van der Waals surface area contributed by atoms with Crippen molar-refractivity contribution < 1.29 is 22.9 Å². The minimum Gasteiger partial charge on any atom is -0.368 e. The molecule has 1 atom stereocenters. The second-order valence-corrected chi connectivity index (χ2v) is 9.74. The number of amides is 1. The molecule has 10 nitrogen and oxygen atoms in total. The van der Waals surface area contributed by atoms with Crippen LogP contribution in [0.4, 0.5) is 11.4 Å². The van der Waals surface area contributed by atoms with Crippen molar-refractivity contribution in [2.24, 2.45) is 0 Å². The Labute approximate surface area is 175 Å². The molecule has 0 aromatic heterocycles. The Kier molecular flexibility index (Phi) is 5.94. The van der Waals surface area contributed by atoms with Crippen LogP contribution >= 0.6 is 0 Å². The Hall–Kier alpha value is -2.24. The van der Waals surface area contributed by atoms with E-state index in [4.69, 9.17) is 4.74 Å². The van der Waals surface area contributed by atoms with Crippen LogP contribution in [0.3, 0.4) is 0 Å². The summed E-state index contributed by atoms with van der Waals surface area (Å²) in [7, 11) is -3.83. The van der Waals surface area contributed by atoms with E-state index in [1.54, 1.807) is 4.90 Å². The number of piperazine rings is 1. The standard InChI is InChI=1S/C19H26N4O6S/c24-19(17-4-3-13-29-17)21-11-9-20(10-12-21)16-6-5-15(23(25)26)14-18(16)30(27,28)22-7-1-2-8-22/h5-6,14,17H,1-4,7-13H2. The van der Waals surface area contributed by atoms with E-state index in [0.29, 0.717) is 51.6 Å². The number of hydrogen-bond donors (Lipinski definition) is 0. The molecular formula is C19H26N4O6S. The van der Waals surface area contributed by atoms with Gasteiger partial charge in [0.15, 0.2) is 0 Å².